The van der Waals surface area contributed by atoms with Crippen LogP contribution >= 0.6 is 0 Å². The first-order chi connectivity index (χ1) is 13.0. The number of esters is 1. The number of rotatable bonds is 11. The highest BCUT2D eigenvalue weighted by molar-refractivity contribution is 5.89. The van der Waals surface area contributed by atoms with Crippen LogP contribution in [0.1, 0.15) is 52.4 Å². The third-order valence-electron chi connectivity index (χ3n) is 4.14. The summed E-state index contributed by atoms with van der Waals surface area (Å²) in [6.45, 7) is 4.52. The first kappa shape index (κ1) is 21.0. The van der Waals surface area contributed by atoms with Crippen LogP contribution in [0.4, 0.5) is 0 Å². The summed E-state index contributed by atoms with van der Waals surface area (Å²) in [4.78, 5) is 12.3. The van der Waals surface area contributed by atoms with E-state index in [9.17, 15) is 4.79 Å². The Morgan fingerprint density at radius 2 is 1.70 bits per heavy atom. The van der Waals surface area contributed by atoms with Crippen molar-refractivity contribution >= 4 is 5.97 Å². The van der Waals surface area contributed by atoms with E-state index in [4.69, 9.17) is 34.2 Å². The summed E-state index contributed by atoms with van der Waals surface area (Å²) in [7, 11) is 0. The highest BCUT2D eigenvalue weighted by atomic mass is 16.8. The van der Waals surface area contributed by atoms with Crippen LogP contribution in [-0.4, -0.2) is 43.8 Å². The molecular weight excluding hydrogens is 352 g/mol. The lowest BCUT2D eigenvalue weighted by Crippen LogP contribution is -2.33. The van der Waals surface area contributed by atoms with Gasteiger partial charge >= 0.3 is 5.97 Å². The van der Waals surface area contributed by atoms with Crippen molar-refractivity contribution in [3.05, 3.63) is 11.5 Å². The van der Waals surface area contributed by atoms with Gasteiger partial charge in [0, 0.05) is 12.8 Å². The third kappa shape index (κ3) is 6.13. The van der Waals surface area contributed by atoms with Gasteiger partial charge in [-0.25, -0.2) is 4.79 Å². The summed E-state index contributed by atoms with van der Waals surface area (Å²) in [6, 6.07) is 4.16. The quantitative estimate of drug-likeness (QED) is 0.398. The van der Waals surface area contributed by atoms with Crippen molar-refractivity contribution in [2.75, 3.05) is 19.8 Å². The monoisotopic (exact) mass is 378 g/mol. The van der Waals surface area contributed by atoms with Crippen molar-refractivity contribution in [3.8, 4) is 12.1 Å². The van der Waals surface area contributed by atoms with Gasteiger partial charge in [0.25, 0.3) is 0 Å². The number of cyclic esters (lactones) is 1. The SMILES string of the molecule is CC1(C)OC[C@@H]([C@H]2OC(=O)C(OCCCCC#N)=C2OCCCCC#N)O1. The van der Waals surface area contributed by atoms with Gasteiger partial charge < -0.3 is 23.7 Å². The molecule has 0 saturated carbocycles. The van der Waals surface area contributed by atoms with Gasteiger partial charge in [-0.1, -0.05) is 0 Å². The molecule has 0 radical (unpaired) electrons. The van der Waals surface area contributed by atoms with E-state index in [0.29, 0.717) is 57.5 Å². The first-order valence-corrected chi connectivity index (χ1v) is 9.25. The molecule has 0 unspecified atom stereocenters. The Kier molecular flexibility index (Phi) is 7.90. The van der Waals surface area contributed by atoms with Crippen LogP contribution in [0.5, 0.6) is 0 Å². The number of ether oxygens (including phenoxy) is 5. The Morgan fingerprint density at radius 3 is 2.26 bits per heavy atom. The molecule has 0 aromatic heterocycles. The minimum Gasteiger partial charge on any atom is -0.490 e. The van der Waals surface area contributed by atoms with Crippen LogP contribution in [-0.2, 0) is 28.5 Å². The molecule has 1 fully saturated rings. The maximum atomic E-state index is 12.3. The number of nitrogens with zero attached hydrogens (tertiary/aromatic N) is 2. The lowest BCUT2D eigenvalue weighted by Gasteiger charge is -2.22. The summed E-state index contributed by atoms with van der Waals surface area (Å²) in [5, 5.41) is 17.2. The predicted molar refractivity (Wildman–Crippen MR) is 92.6 cm³/mol. The van der Waals surface area contributed by atoms with Crippen molar-refractivity contribution in [2.24, 2.45) is 0 Å². The standard InChI is InChI=1S/C19H26N2O6/c1-19(2)25-13-14(27-19)15-16(23-11-7-3-5-9-20)17(18(22)26-15)24-12-8-4-6-10-21/h14-15H,3-8,11-13H2,1-2H3/t14-,15+/m0/s1. The number of nitriles is 2. The van der Waals surface area contributed by atoms with Crippen molar-refractivity contribution in [2.45, 2.75) is 70.4 Å². The van der Waals surface area contributed by atoms with Crippen molar-refractivity contribution in [1.82, 2.24) is 0 Å². The van der Waals surface area contributed by atoms with Crippen molar-refractivity contribution in [1.29, 1.82) is 10.5 Å². The summed E-state index contributed by atoms with van der Waals surface area (Å²) in [6.07, 6.45) is 2.45. The Morgan fingerprint density at radius 1 is 1.07 bits per heavy atom. The number of unbranched alkanes of at least 4 members (excludes halogenated alkanes) is 4. The van der Waals surface area contributed by atoms with Crippen molar-refractivity contribution in [3.63, 3.8) is 0 Å². The molecule has 2 aliphatic heterocycles. The van der Waals surface area contributed by atoms with E-state index in [1.807, 2.05) is 0 Å². The zero-order valence-corrected chi connectivity index (χ0v) is 15.9. The van der Waals surface area contributed by atoms with Gasteiger partial charge in [-0.05, 0) is 39.5 Å². The molecule has 2 aliphatic rings. The molecule has 0 aromatic carbocycles. The highest BCUT2D eigenvalue weighted by Gasteiger charge is 2.48. The minimum absolute atomic E-state index is 0.0607. The maximum Gasteiger partial charge on any atom is 0.378 e. The Hall–Kier alpha value is -2.29. The maximum absolute atomic E-state index is 12.3. The predicted octanol–water partition coefficient (Wildman–Crippen LogP) is 2.70. The second kappa shape index (κ2) is 10.1. The molecule has 148 valence electrons. The zero-order valence-electron chi connectivity index (χ0n) is 15.9. The van der Waals surface area contributed by atoms with Gasteiger partial charge in [0.15, 0.2) is 17.7 Å². The fourth-order valence-corrected chi connectivity index (χ4v) is 2.81. The van der Waals surface area contributed by atoms with Crippen LogP contribution in [0.25, 0.3) is 0 Å². The molecular formula is C19H26N2O6. The largest absolute Gasteiger partial charge is 0.490 e. The minimum atomic E-state index is -0.754. The molecule has 0 aliphatic carbocycles. The van der Waals surface area contributed by atoms with Crippen LogP contribution in [0.15, 0.2) is 11.5 Å². The molecule has 8 nitrogen and oxygen atoms in total. The number of hydrogen-bond acceptors (Lipinski definition) is 8. The first-order valence-electron chi connectivity index (χ1n) is 9.25. The van der Waals surface area contributed by atoms with Gasteiger partial charge in [-0.15, -0.1) is 0 Å². The summed E-state index contributed by atoms with van der Waals surface area (Å²) < 4.78 is 28.3. The number of hydrogen-bond donors (Lipinski definition) is 0. The Labute approximate surface area is 159 Å². The molecule has 2 rings (SSSR count). The third-order valence-corrected chi connectivity index (χ3v) is 4.14. The zero-order chi connectivity index (χ0) is 19.7. The topological polar surface area (TPSA) is 111 Å². The fourth-order valence-electron chi connectivity index (χ4n) is 2.81. The van der Waals surface area contributed by atoms with Crippen LogP contribution < -0.4 is 0 Å². The molecule has 27 heavy (non-hydrogen) atoms. The van der Waals surface area contributed by atoms with Gasteiger partial charge in [0.1, 0.15) is 6.10 Å². The Balaban J connectivity index is 2.02. The van der Waals surface area contributed by atoms with E-state index in [1.165, 1.54) is 0 Å². The highest BCUT2D eigenvalue weighted by Crippen LogP contribution is 2.34. The van der Waals surface area contributed by atoms with Crippen LogP contribution in [0.2, 0.25) is 0 Å². The molecule has 0 amide bonds. The average molecular weight is 378 g/mol. The van der Waals surface area contributed by atoms with E-state index in [0.717, 1.165) is 0 Å². The normalized spacial score (nSPS) is 23.6. The lowest BCUT2D eigenvalue weighted by molar-refractivity contribution is -0.163. The van der Waals surface area contributed by atoms with Gasteiger partial charge in [0.05, 0.1) is 32.0 Å². The number of carbonyl (C=O) groups is 1. The van der Waals surface area contributed by atoms with Gasteiger partial charge in [0.2, 0.25) is 5.76 Å². The smallest absolute Gasteiger partial charge is 0.378 e. The van der Waals surface area contributed by atoms with Gasteiger partial charge in [-0.2, -0.15) is 10.5 Å². The molecule has 0 aromatic rings. The summed E-state index contributed by atoms with van der Waals surface area (Å²) in [5.41, 5.74) is 0. The molecule has 1 saturated heterocycles. The molecule has 2 heterocycles. The summed E-state index contributed by atoms with van der Waals surface area (Å²) >= 11 is 0. The molecule has 2 atom stereocenters. The Bertz CT molecular complexity index is 631. The second-order valence-corrected chi connectivity index (χ2v) is 6.81. The number of carbonyl (C=O) groups excluding carboxylic acids is 1. The molecule has 0 spiro atoms. The van der Waals surface area contributed by atoms with E-state index in [-0.39, 0.29) is 12.4 Å². The summed E-state index contributed by atoms with van der Waals surface area (Å²) in [5.74, 6) is -0.953. The second-order valence-electron chi connectivity index (χ2n) is 6.81. The van der Waals surface area contributed by atoms with Crippen LogP contribution in [0, 0.1) is 22.7 Å². The van der Waals surface area contributed by atoms with Crippen LogP contribution in [0.3, 0.4) is 0 Å². The molecule has 0 bridgehead atoms. The van der Waals surface area contributed by atoms with E-state index in [1.54, 1.807) is 13.8 Å². The van der Waals surface area contributed by atoms with Gasteiger partial charge in [-0.3, -0.25) is 0 Å². The lowest BCUT2D eigenvalue weighted by atomic mass is 10.2. The average Bonchev–Trinajstić information content (AvgIpc) is 3.14. The molecule has 8 heteroatoms. The van der Waals surface area contributed by atoms with Crippen molar-refractivity contribution < 1.29 is 28.5 Å². The van der Waals surface area contributed by atoms with E-state index in [2.05, 4.69) is 12.1 Å². The van der Waals surface area contributed by atoms with E-state index < -0.39 is 24.0 Å². The molecule has 0 N–H and O–H groups in total. The van der Waals surface area contributed by atoms with E-state index >= 15 is 0 Å². The fraction of sp³-hybridized carbons (Fsp3) is 0.737.